The van der Waals surface area contributed by atoms with Gasteiger partial charge in [-0.1, -0.05) is 6.07 Å². The topological polar surface area (TPSA) is 163 Å². The van der Waals surface area contributed by atoms with Crippen molar-refractivity contribution in [3.05, 3.63) is 65.1 Å². The lowest BCUT2D eigenvalue weighted by molar-refractivity contribution is -0.121. The number of carbonyl (C=O) groups excluding carboxylic acids is 2. The van der Waals surface area contributed by atoms with E-state index < -0.39 is 63.4 Å². The molecule has 1 unspecified atom stereocenters. The summed E-state index contributed by atoms with van der Waals surface area (Å²) in [6.07, 6.45) is 2.54. The Morgan fingerprint density at radius 2 is 1.84 bits per heavy atom. The minimum atomic E-state index is -4.14. The number of ether oxygens (including phenoxy) is 2. The molecule has 0 spiro atoms. The smallest absolute Gasteiger partial charge is 0.387 e. The minimum Gasteiger partial charge on any atom is -0.489 e. The summed E-state index contributed by atoms with van der Waals surface area (Å²) in [5.74, 6) is -4.98. The molecule has 1 aliphatic carbocycles. The number of oxazole rings is 1. The van der Waals surface area contributed by atoms with Crippen LogP contribution in [0.25, 0.3) is 11.5 Å². The first-order valence-electron chi connectivity index (χ1n) is 12.5. The van der Waals surface area contributed by atoms with Gasteiger partial charge in [0.1, 0.15) is 17.7 Å². The molecule has 2 amide bonds. The molecule has 0 radical (unpaired) electrons. The van der Waals surface area contributed by atoms with E-state index in [1.807, 2.05) is 0 Å². The first-order valence-corrected chi connectivity index (χ1v) is 14.4. The van der Waals surface area contributed by atoms with Crippen molar-refractivity contribution in [1.82, 2.24) is 15.0 Å². The van der Waals surface area contributed by atoms with Crippen molar-refractivity contribution in [2.45, 2.75) is 38.5 Å². The van der Waals surface area contributed by atoms with Gasteiger partial charge in [0.05, 0.1) is 18.9 Å². The number of nitrogens with two attached hydrogens (primary N) is 1. The van der Waals surface area contributed by atoms with Gasteiger partial charge in [0.25, 0.3) is 11.8 Å². The number of alkyl halides is 2. The molecule has 17 heteroatoms. The summed E-state index contributed by atoms with van der Waals surface area (Å²) in [7, 11) is -4.14. The van der Waals surface area contributed by atoms with Crippen molar-refractivity contribution in [2.24, 2.45) is 11.7 Å². The molecule has 1 heterocycles. The molecule has 11 nitrogen and oxygen atoms in total. The first kappa shape index (κ1) is 33.6. The highest BCUT2D eigenvalue weighted by atomic mass is 35.5. The number of aromatic nitrogens is 1. The van der Waals surface area contributed by atoms with Gasteiger partial charge in [-0.3, -0.25) is 14.3 Å². The number of carbonyl (C=O) groups is 2. The Labute approximate surface area is 249 Å². The number of benzene rings is 2. The fraction of sp³-hybridized carbons (Fsp3) is 0.346. The lowest BCUT2D eigenvalue weighted by Crippen LogP contribution is -2.43. The number of halogens is 5. The summed E-state index contributed by atoms with van der Waals surface area (Å²) in [4.78, 5) is 30.2. The molecule has 1 aliphatic rings. The van der Waals surface area contributed by atoms with E-state index in [2.05, 4.69) is 15.0 Å². The second-order valence-corrected chi connectivity index (χ2v) is 11.4. The Balaban J connectivity index is 0.00000506. The maximum absolute atomic E-state index is 14.6. The monoisotopic (exact) mass is 650 g/mol. The zero-order chi connectivity index (χ0) is 30.8. The fourth-order valence-electron chi connectivity index (χ4n) is 3.83. The molecule has 2 atom stereocenters. The molecule has 2 aromatic carbocycles. The molecule has 1 fully saturated rings. The second kappa shape index (κ2) is 13.6. The van der Waals surface area contributed by atoms with Crippen LogP contribution in [0.15, 0.2) is 40.8 Å². The number of rotatable bonds is 12. The quantitative estimate of drug-likeness (QED) is 0.246. The Morgan fingerprint density at radius 1 is 1.14 bits per heavy atom. The minimum absolute atomic E-state index is 0. The van der Waals surface area contributed by atoms with E-state index in [0.29, 0.717) is 12.3 Å². The Kier molecular flexibility index (Phi) is 10.6. The number of nitrogens with one attached hydrogen (secondary N) is 2. The highest BCUT2D eigenvalue weighted by Gasteiger charge is 2.32. The van der Waals surface area contributed by atoms with Gasteiger partial charge in [-0.05, 0) is 49.9 Å². The van der Waals surface area contributed by atoms with Crippen LogP contribution >= 0.6 is 12.4 Å². The van der Waals surface area contributed by atoms with Gasteiger partial charge >= 0.3 is 6.61 Å². The van der Waals surface area contributed by atoms with E-state index in [1.54, 1.807) is 4.72 Å². The van der Waals surface area contributed by atoms with Crippen molar-refractivity contribution >= 4 is 34.2 Å². The van der Waals surface area contributed by atoms with Gasteiger partial charge in [-0.25, -0.2) is 22.2 Å². The van der Waals surface area contributed by atoms with E-state index in [1.165, 1.54) is 25.1 Å². The maximum atomic E-state index is 14.6. The van der Waals surface area contributed by atoms with Crippen LogP contribution in [0.4, 0.5) is 17.6 Å². The van der Waals surface area contributed by atoms with Crippen molar-refractivity contribution in [3.8, 4) is 23.0 Å². The van der Waals surface area contributed by atoms with E-state index in [9.17, 15) is 35.6 Å². The largest absolute Gasteiger partial charge is 0.489 e. The zero-order valence-electron chi connectivity index (χ0n) is 22.6. The second-order valence-electron chi connectivity index (χ2n) is 9.63. The molecule has 4 N–H and O–H groups in total. The average molecular weight is 651 g/mol. The third-order valence-electron chi connectivity index (χ3n) is 5.96. The molecule has 0 bridgehead atoms. The molecule has 0 saturated heterocycles. The number of hydrogen-bond donors (Lipinski definition) is 3. The standard InChI is InChI=1S/C26H26F4N4O7S.ClH/c1-12(31)22-21(23(35)32-20(24(36)34-42(2,37)38)16-7-6-15(27)10-17(16)28)33-25(41-22)14-5-8-18(40-26(29)30)19(9-14)39-11-13-3-4-13;/h5-10,12-13,20,26H,3-4,11,31H2,1-2H3,(H,32,35)(H,34,36);1H/t12-,20?;/m0./s1. The Morgan fingerprint density at radius 3 is 2.42 bits per heavy atom. The van der Waals surface area contributed by atoms with Crippen LogP contribution in [0.2, 0.25) is 0 Å². The van der Waals surface area contributed by atoms with Crippen LogP contribution < -0.4 is 25.2 Å². The Hall–Kier alpha value is -3.89. The molecular weight excluding hydrogens is 624 g/mol. The summed E-state index contributed by atoms with van der Waals surface area (Å²) in [6, 6.07) is 3.12. The van der Waals surface area contributed by atoms with Gasteiger partial charge in [0.2, 0.25) is 15.9 Å². The van der Waals surface area contributed by atoms with Crippen molar-refractivity contribution in [3.63, 3.8) is 0 Å². The summed E-state index contributed by atoms with van der Waals surface area (Å²) >= 11 is 0. The van der Waals surface area contributed by atoms with Crippen LogP contribution in [-0.2, 0) is 14.8 Å². The van der Waals surface area contributed by atoms with E-state index in [0.717, 1.165) is 25.0 Å². The van der Waals surface area contributed by atoms with E-state index in [-0.39, 0.29) is 53.6 Å². The van der Waals surface area contributed by atoms with Crippen LogP contribution in [0.1, 0.15) is 53.7 Å². The van der Waals surface area contributed by atoms with Gasteiger partial charge < -0.3 is 24.9 Å². The fourth-order valence-corrected chi connectivity index (χ4v) is 4.31. The molecule has 4 rings (SSSR count). The Bertz CT molecular complexity index is 1600. The summed E-state index contributed by atoms with van der Waals surface area (Å²) < 4.78 is 94.8. The average Bonchev–Trinajstić information content (AvgIpc) is 3.60. The number of nitrogens with zero attached hydrogens (tertiary/aromatic N) is 1. The molecule has 234 valence electrons. The van der Waals surface area contributed by atoms with E-state index in [4.69, 9.17) is 14.9 Å². The highest BCUT2D eigenvalue weighted by Crippen LogP contribution is 2.37. The van der Waals surface area contributed by atoms with Crippen LogP contribution in [0.3, 0.4) is 0 Å². The van der Waals surface area contributed by atoms with Gasteiger partial charge in [0, 0.05) is 17.2 Å². The predicted molar refractivity (Wildman–Crippen MR) is 146 cm³/mol. The molecule has 1 aromatic heterocycles. The van der Waals surface area contributed by atoms with Crippen LogP contribution in [-0.4, -0.2) is 44.7 Å². The molecule has 1 saturated carbocycles. The number of hydrogen-bond acceptors (Lipinski definition) is 9. The summed E-state index contributed by atoms with van der Waals surface area (Å²) in [6.45, 7) is -1.39. The predicted octanol–water partition coefficient (Wildman–Crippen LogP) is 4.00. The third-order valence-corrected chi connectivity index (χ3v) is 6.53. The normalized spacial score (nSPS) is 14.4. The molecule has 3 aromatic rings. The first-order chi connectivity index (χ1) is 19.7. The lowest BCUT2D eigenvalue weighted by atomic mass is 10.0. The van der Waals surface area contributed by atoms with Crippen LogP contribution in [0.5, 0.6) is 11.5 Å². The van der Waals surface area contributed by atoms with E-state index >= 15 is 0 Å². The molecule has 43 heavy (non-hydrogen) atoms. The molecule has 0 aliphatic heterocycles. The number of amides is 2. The molecular formula is C26H27ClF4N4O7S. The van der Waals surface area contributed by atoms with Crippen LogP contribution in [0, 0.1) is 17.6 Å². The highest BCUT2D eigenvalue weighted by molar-refractivity contribution is 7.89. The summed E-state index contributed by atoms with van der Waals surface area (Å²) in [5, 5.41) is 2.19. The van der Waals surface area contributed by atoms with Crippen molar-refractivity contribution in [1.29, 1.82) is 0 Å². The maximum Gasteiger partial charge on any atom is 0.387 e. The third kappa shape index (κ3) is 8.81. The SMILES string of the molecule is C[C@H](N)c1oc(-c2ccc(OC(F)F)c(OCC3CC3)c2)nc1C(=O)NC(C(=O)NS(C)(=O)=O)c1ccc(F)cc1F.Cl. The zero-order valence-corrected chi connectivity index (χ0v) is 24.2. The van der Waals surface area contributed by atoms with Gasteiger partial charge in [0.15, 0.2) is 23.0 Å². The number of sulfonamides is 1. The van der Waals surface area contributed by atoms with Gasteiger partial charge in [-0.2, -0.15) is 8.78 Å². The van der Waals surface area contributed by atoms with Crippen molar-refractivity contribution < 1.29 is 49.5 Å². The lowest BCUT2D eigenvalue weighted by Gasteiger charge is -2.18. The summed E-state index contributed by atoms with van der Waals surface area (Å²) in [5.41, 5.74) is 5.18. The van der Waals surface area contributed by atoms with Crippen molar-refractivity contribution in [2.75, 3.05) is 12.9 Å². The van der Waals surface area contributed by atoms with Gasteiger partial charge in [-0.15, -0.1) is 12.4 Å².